The molecule has 0 spiro atoms. The summed E-state index contributed by atoms with van der Waals surface area (Å²) in [5.41, 5.74) is 2.48. The van der Waals surface area contributed by atoms with Gasteiger partial charge in [-0.15, -0.1) is 0 Å². The van der Waals surface area contributed by atoms with Gasteiger partial charge in [0.25, 0.3) is 0 Å². The number of hydrogen-bond donors (Lipinski definition) is 1. The van der Waals surface area contributed by atoms with Crippen molar-refractivity contribution in [3.8, 4) is 0 Å². The van der Waals surface area contributed by atoms with Gasteiger partial charge < -0.3 is 5.32 Å². The molecule has 4 heteroatoms. The van der Waals surface area contributed by atoms with Crippen molar-refractivity contribution in [1.29, 1.82) is 0 Å². The number of nitrogens with zero attached hydrogens (tertiary/aromatic N) is 2. The van der Waals surface area contributed by atoms with E-state index in [0.29, 0.717) is 0 Å². The Kier molecular flexibility index (Phi) is 6.74. The Hall–Kier alpha value is -0.350. The number of aromatic nitrogens is 2. The molecule has 1 saturated carbocycles. The predicted molar refractivity (Wildman–Crippen MR) is 92.4 cm³/mol. The van der Waals surface area contributed by atoms with Gasteiger partial charge in [-0.05, 0) is 60.5 Å². The zero-order valence-electron chi connectivity index (χ0n) is 13.8. The second-order valence-corrected chi connectivity index (χ2v) is 7.10. The summed E-state index contributed by atoms with van der Waals surface area (Å²) >= 11 is 3.72. The Morgan fingerprint density at radius 1 is 1.14 bits per heavy atom. The van der Waals surface area contributed by atoms with E-state index in [2.05, 4.69) is 51.8 Å². The highest BCUT2D eigenvalue weighted by Gasteiger charge is 2.20. The van der Waals surface area contributed by atoms with Crippen LogP contribution in [0, 0.1) is 11.8 Å². The average molecular weight is 356 g/mol. The largest absolute Gasteiger partial charge is 0.311 e. The predicted octanol–water partition coefficient (Wildman–Crippen LogP) is 4.53. The van der Waals surface area contributed by atoms with Crippen LogP contribution in [0.1, 0.15) is 64.3 Å². The minimum Gasteiger partial charge on any atom is -0.311 e. The van der Waals surface area contributed by atoms with Crippen molar-refractivity contribution in [1.82, 2.24) is 15.1 Å². The molecule has 0 aliphatic heterocycles. The lowest BCUT2D eigenvalue weighted by Crippen LogP contribution is -2.27. The molecule has 0 aromatic carbocycles. The van der Waals surface area contributed by atoms with Crippen LogP contribution in [0.2, 0.25) is 0 Å². The summed E-state index contributed by atoms with van der Waals surface area (Å²) in [6.07, 6.45) is 8.02. The third-order valence-corrected chi connectivity index (χ3v) is 5.88. The van der Waals surface area contributed by atoms with Crippen LogP contribution in [0.5, 0.6) is 0 Å². The van der Waals surface area contributed by atoms with Crippen molar-refractivity contribution >= 4 is 15.9 Å². The maximum Gasteiger partial charge on any atom is 0.0767 e. The van der Waals surface area contributed by atoms with Crippen molar-refractivity contribution in [2.75, 3.05) is 6.54 Å². The summed E-state index contributed by atoms with van der Waals surface area (Å²) in [5.74, 6) is 1.86. The van der Waals surface area contributed by atoms with Gasteiger partial charge in [-0.2, -0.15) is 5.10 Å². The molecule has 0 atom stereocenters. The molecule has 0 radical (unpaired) electrons. The fourth-order valence-corrected chi connectivity index (χ4v) is 4.13. The minimum atomic E-state index is 0.871. The summed E-state index contributed by atoms with van der Waals surface area (Å²) in [4.78, 5) is 0. The van der Waals surface area contributed by atoms with Gasteiger partial charge >= 0.3 is 0 Å². The van der Waals surface area contributed by atoms with Gasteiger partial charge in [0.15, 0.2) is 0 Å². The third kappa shape index (κ3) is 4.32. The van der Waals surface area contributed by atoms with E-state index in [1.807, 2.05) is 0 Å². The number of aryl methyl sites for hydroxylation is 2. The molecule has 0 amide bonds. The minimum absolute atomic E-state index is 0.871. The van der Waals surface area contributed by atoms with Crippen LogP contribution < -0.4 is 5.32 Å². The van der Waals surface area contributed by atoms with E-state index in [9.17, 15) is 0 Å². The standard InChI is InChI=1S/C17H30BrN3/c1-4-13-7-9-14(10-8-13)11-19-12-16-17(18)15(5-2)20-21(16)6-3/h13-14,19H,4-12H2,1-3H3. The Labute approximate surface area is 138 Å². The Morgan fingerprint density at radius 3 is 2.38 bits per heavy atom. The summed E-state index contributed by atoms with van der Waals surface area (Å²) < 4.78 is 3.33. The first-order chi connectivity index (χ1) is 10.2. The lowest BCUT2D eigenvalue weighted by Gasteiger charge is -2.28. The second-order valence-electron chi connectivity index (χ2n) is 6.30. The number of nitrogens with one attached hydrogen (secondary N) is 1. The number of halogens is 1. The Morgan fingerprint density at radius 2 is 1.81 bits per heavy atom. The van der Waals surface area contributed by atoms with Crippen molar-refractivity contribution in [3.05, 3.63) is 15.9 Å². The normalized spacial score (nSPS) is 22.7. The zero-order valence-corrected chi connectivity index (χ0v) is 15.4. The molecule has 0 bridgehead atoms. The molecule has 0 unspecified atom stereocenters. The fraction of sp³-hybridized carbons (Fsp3) is 0.824. The van der Waals surface area contributed by atoms with Crippen LogP contribution in [0.3, 0.4) is 0 Å². The van der Waals surface area contributed by atoms with E-state index >= 15 is 0 Å². The summed E-state index contributed by atoms with van der Waals surface area (Å²) in [6, 6.07) is 0. The van der Waals surface area contributed by atoms with Crippen LogP contribution in [0.15, 0.2) is 4.47 Å². The first kappa shape index (κ1) is 17.0. The van der Waals surface area contributed by atoms with E-state index in [-0.39, 0.29) is 0 Å². The first-order valence-corrected chi connectivity index (χ1v) is 9.43. The molecule has 1 aliphatic rings. The lowest BCUT2D eigenvalue weighted by atomic mass is 9.81. The molecule has 0 saturated heterocycles. The van der Waals surface area contributed by atoms with E-state index in [1.54, 1.807) is 0 Å². The highest BCUT2D eigenvalue weighted by atomic mass is 79.9. The molecular formula is C17H30BrN3. The summed E-state index contributed by atoms with van der Waals surface area (Å²) in [6.45, 7) is 9.68. The molecule has 1 aromatic heterocycles. The highest BCUT2D eigenvalue weighted by Crippen LogP contribution is 2.30. The lowest BCUT2D eigenvalue weighted by molar-refractivity contribution is 0.262. The summed E-state index contributed by atoms with van der Waals surface area (Å²) in [7, 11) is 0. The van der Waals surface area contributed by atoms with Gasteiger partial charge in [0.1, 0.15) is 0 Å². The molecule has 1 heterocycles. The van der Waals surface area contributed by atoms with Crippen molar-refractivity contribution in [2.24, 2.45) is 11.8 Å². The monoisotopic (exact) mass is 355 g/mol. The van der Waals surface area contributed by atoms with Crippen molar-refractivity contribution < 1.29 is 0 Å². The molecule has 1 fully saturated rings. The van der Waals surface area contributed by atoms with Gasteiger partial charge in [-0.25, -0.2) is 0 Å². The average Bonchev–Trinajstić information content (AvgIpc) is 2.84. The van der Waals surface area contributed by atoms with Crippen LogP contribution in [-0.4, -0.2) is 16.3 Å². The van der Waals surface area contributed by atoms with Crippen molar-refractivity contribution in [2.45, 2.75) is 72.4 Å². The number of hydrogen-bond acceptors (Lipinski definition) is 2. The smallest absolute Gasteiger partial charge is 0.0767 e. The first-order valence-electron chi connectivity index (χ1n) is 8.64. The highest BCUT2D eigenvalue weighted by molar-refractivity contribution is 9.10. The van der Waals surface area contributed by atoms with Crippen LogP contribution in [0.4, 0.5) is 0 Å². The quantitative estimate of drug-likeness (QED) is 0.778. The molecule has 120 valence electrons. The fourth-order valence-electron chi connectivity index (χ4n) is 3.42. The van der Waals surface area contributed by atoms with E-state index in [0.717, 1.165) is 37.9 Å². The Balaban J connectivity index is 1.82. The third-order valence-electron chi connectivity index (χ3n) is 4.96. The molecule has 3 nitrogen and oxygen atoms in total. The van der Waals surface area contributed by atoms with Crippen LogP contribution in [-0.2, 0) is 19.5 Å². The maximum absolute atomic E-state index is 4.66. The summed E-state index contributed by atoms with van der Waals surface area (Å²) in [5, 5.41) is 8.33. The zero-order chi connectivity index (χ0) is 15.2. The van der Waals surface area contributed by atoms with Gasteiger partial charge in [0, 0.05) is 13.1 Å². The van der Waals surface area contributed by atoms with E-state index in [4.69, 9.17) is 0 Å². The topological polar surface area (TPSA) is 29.9 Å². The molecule has 2 rings (SSSR count). The number of rotatable bonds is 7. The molecular weight excluding hydrogens is 326 g/mol. The Bertz CT molecular complexity index is 433. The SMILES string of the molecule is CCc1nn(CC)c(CNCC2CCC(CC)CC2)c1Br. The molecule has 1 aromatic rings. The second kappa shape index (κ2) is 8.33. The van der Waals surface area contributed by atoms with Crippen LogP contribution in [0.25, 0.3) is 0 Å². The van der Waals surface area contributed by atoms with Gasteiger partial charge in [0.05, 0.1) is 15.9 Å². The maximum atomic E-state index is 4.66. The van der Waals surface area contributed by atoms with Gasteiger partial charge in [0.2, 0.25) is 0 Å². The van der Waals surface area contributed by atoms with E-state index < -0.39 is 0 Å². The molecule has 1 aliphatic carbocycles. The van der Waals surface area contributed by atoms with Gasteiger partial charge in [-0.3, -0.25) is 4.68 Å². The van der Waals surface area contributed by atoms with Crippen LogP contribution >= 0.6 is 15.9 Å². The van der Waals surface area contributed by atoms with E-state index in [1.165, 1.54) is 48.0 Å². The molecule has 21 heavy (non-hydrogen) atoms. The molecule has 1 N–H and O–H groups in total. The van der Waals surface area contributed by atoms with Crippen molar-refractivity contribution in [3.63, 3.8) is 0 Å². The van der Waals surface area contributed by atoms with Gasteiger partial charge in [-0.1, -0.05) is 33.1 Å².